The number of H-pyrrole nitrogens is 1. The van der Waals surface area contributed by atoms with Gasteiger partial charge in [0.1, 0.15) is 11.5 Å². The molecule has 4 heterocycles. The second kappa shape index (κ2) is 7.11. The predicted molar refractivity (Wildman–Crippen MR) is 112 cm³/mol. The smallest absolute Gasteiger partial charge is 0.360 e. The van der Waals surface area contributed by atoms with Crippen LogP contribution in [-0.4, -0.2) is 35.7 Å². The average molecular weight is 423 g/mol. The number of aromatic nitrogens is 6. The summed E-state index contributed by atoms with van der Waals surface area (Å²) in [5, 5.41) is 16.2. The molecular weight excluding hydrogens is 410 g/mol. The van der Waals surface area contributed by atoms with E-state index in [0.29, 0.717) is 10.1 Å². The molecule has 1 aromatic carbocycles. The van der Waals surface area contributed by atoms with Crippen LogP contribution in [0.5, 0.6) is 0 Å². The quantitative estimate of drug-likeness (QED) is 0.452. The van der Waals surface area contributed by atoms with Gasteiger partial charge in [0.05, 0.1) is 5.69 Å². The Hall–Kier alpha value is -3.57. The number of aromatic amines is 1. The minimum Gasteiger partial charge on any atom is -0.360 e. The zero-order chi connectivity index (χ0) is 19.8. The number of amides is 1. The van der Waals surface area contributed by atoms with Crippen molar-refractivity contribution < 1.29 is 4.79 Å². The maximum Gasteiger partial charge on any atom is 0.369 e. The maximum atomic E-state index is 12.4. The molecule has 0 radical (unpaired) electrons. The lowest BCUT2D eigenvalue weighted by atomic mass is 10.1. The van der Waals surface area contributed by atoms with E-state index in [1.54, 1.807) is 6.07 Å². The van der Waals surface area contributed by atoms with Gasteiger partial charge in [-0.2, -0.15) is 9.36 Å². The first-order valence-corrected chi connectivity index (χ1v) is 10.3. The Morgan fingerprint density at radius 1 is 1.14 bits per heavy atom. The summed E-state index contributed by atoms with van der Waals surface area (Å²) < 4.78 is 2.18. The summed E-state index contributed by atoms with van der Waals surface area (Å²) in [6.45, 7) is -0.244. The number of tetrazole rings is 1. The second-order valence-corrected chi connectivity index (χ2v) is 7.90. The van der Waals surface area contributed by atoms with Crippen molar-refractivity contribution in [1.82, 2.24) is 29.8 Å². The molecule has 0 saturated carbocycles. The number of hydrogen-bond acceptors (Lipinski definition) is 7. The van der Waals surface area contributed by atoms with E-state index >= 15 is 0 Å². The van der Waals surface area contributed by atoms with Crippen molar-refractivity contribution in [2.75, 3.05) is 5.32 Å². The molecule has 0 fully saturated rings. The summed E-state index contributed by atoms with van der Waals surface area (Å²) in [4.78, 5) is 32.4. The Labute approximate surface area is 171 Å². The number of benzene rings is 1. The monoisotopic (exact) mass is 423 g/mol. The third kappa shape index (κ3) is 3.26. The van der Waals surface area contributed by atoms with Crippen LogP contribution in [0.15, 0.2) is 58.1 Å². The van der Waals surface area contributed by atoms with E-state index in [9.17, 15) is 9.59 Å². The topological polar surface area (TPSA) is 110 Å². The number of thiazole rings is 1. The highest BCUT2D eigenvalue weighted by atomic mass is 32.1. The van der Waals surface area contributed by atoms with Gasteiger partial charge in [-0.05, 0) is 34.0 Å². The number of nitrogens with zero attached hydrogens (tertiary/aromatic N) is 5. The Balaban J connectivity index is 1.32. The first-order chi connectivity index (χ1) is 14.2. The molecule has 4 aromatic heterocycles. The molecule has 0 atom stereocenters. The van der Waals surface area contributed by atoms with Crippen LogP contribution in [0.1, 0.15) is 0 Å². The number of carbonyl (C=O) groups is 1. The van der Waals surface area contributed by atoms with Gasteiger partial charge in [0.15, 0.2) is 5.13 Å². The van der Waals surface area contributed by atoms with E-state index in [2.05, 4.69) is 25.7 Å². The standard InChI is InChI=1S/C18H13N7O2S2/c26-15(9-24-18(27)25(23-22-24)16-6-3-7-28-16)21-17-20-14(10-29-17)12-8-19-13-5-2-1-4-11(12)13/h1-8,10,19H,9H2,(H,20,21,26). The van der Waals surface area contributed by atoms with Gasteiger partial charge in [-0.15, -0.1) is 22.7 Å². The first kappa shape index (κ1) is 17.5. The Kier molecular flexibility index (Phi) is 4.30. The fourth-order valence-electron chi connectivity index (χ4n) is 2.94. The van der Waals surface area contributed by atoms with Gasteiger partial charge >= 0.3 is 5.69 Å². The van der Waals surface area contributed by atoms with Gasteiger partial charge in [0, 0.05) is 28.0 Å². The molecule has 0 aliphatic rings. The minimum absolute atomic E-state index is 0.244. The largest absolute Gasteiger partial charge is 0.369 e. The van der Waals surface area contributed by atoms with E-state index in [1.165, 1.54) is 22.7 Å². The summed E-state index contributed by atoms with van der Waals surface area (Å²) in [5.74, 6) is -0.398. The molecule has 5 aromatic rings. The predicted octanol–water partition coefficient (Wildman–Crippen LogP) is 2.73. The lowest BCUT2D eigenvalue weighted by Crippen LogP contribution is -2.29. The normalized spacial score (nSPS) is 11.2. The molecule has 0 aliphatic heterocycles. The molecule has 11 heteroatoms. The minimum atomic E-state index is -0.471. The van der Waals surface area contributed by atoms with Crippen molar-refractivity contribution in [3.8, 4) is 16.3 Å². The Bertz CT molecular complexity index is 1360. The van der Waals surface area contributed by atoms with Crippen molar-refractivity contribution in [2.45, 2.75) is 6.54 Å². The van der Waals surface area contributed by atoms with Crippen LogP contribution >= 0.6 is 22.7 Å². The van der Waals surface area contributed by atoms with Crippen LogP contribution in [0.25, 0.3) is 27.2 Å². The van der Waals surface area contributed by atoms with Crippen LogP contribution in [-0.2, 0) is 11.3 Å². The highest BCUT2D eigenvalue weighted by Gasteiger charge is 2.15. The third-order valence-electron chi connectivity index (χ3n) is 4.26. The van der Waals surface area contributed by atoms with Gasteiger partial charge in [-0.1, -0.05) is 18.2 Å². The molecule has 1 amide bonds. The summed E-state index contributed by atoms with van der Waals surface area (Å²) in [6, 6.07) is 11.5. The molecule has 2 N–H and O–H groups in total. The first-order valence-electron chi connectivity index (χ1n) is 8.57. The van der Waals surface area contributed by atoms with E-state index < -0.39 is 11.6 Å². The number of anilines is 1. The number of hydrogen-bond donors (Lipinski definition) is 2. The second-order valence-electron chi connectivity index (χ2n) is 6.12. The van der Waals surface area contributed by atoms with Crippen LogP contribution in [0, 0.1) is 0 Å². The van der Waals surface area contributed by atoms with E-state index in [-0.39, 0.29) is 6.54 Å². The number of carbonyl (C=O) groups excluding carboxylic acids is 1. The third-order valence-corrected chi connectivity index (χ3v) is 5.86. The zero-order valence-corrected chi connectivity index (χ0v) is 16.4. The SMILES string of the molecule is O=C(Cn1nnn(-c2cccs2)c1=O)Nc1nc(-c2c[nH]c3ccccc23)cs1. The number of rotatable bonds is 5. The lowest BCUT2D eigenvalue weighted by Gasteiger charge is -2.00. The average Bonchev–Trinajstić information content (AvgIpc) is 3.49. The fraction of sp³-hybridized carbons (Fsp3) is 0.0556. The summed E-state index contributed by atoms with van der Waals surface area (Å²) in [6.07, 6.45) is 1.90. The van der Waals surface area contributed by atoms with Crippen LogP contribution < -0.4 is 11.0 Å². The van der Waals surface area contributed by atoms with Gasteiger partial charge < -0.3 is 10.3 Å². The van der Waals surface area contributed by atoms with Crippen molar-refractivity contribution >= 4 is 44.6 Å². The molecule has 0 saturated heterocycles. The molecule has 0 aliphatic carbocycles. The maximum absolute atomic E-state index is 12.4. The van der Waals surface area contributed by atoms with Gasteiger partial charge in [0.2, 0.25) is 5.91 Å². The summed E-state index contributed by atoms with van der Waals surface area (Å²) in [5.41, 5.74) is 2.28. The molecule has 144 valence electrons. The van der Waals surface area contributed by atoms with Gasteiger partial charge in [-0.3, -0.25) is 4.79 Å². The lowest BCUT2D eigenvalue weighted by molar-refractivity contribution is -0.117. The molecular formula is C18H13N7O2S2. The molecule has 29 heavy (non-hydrogen) atoms. The van der Waals surface area contributed by atoms with Gasteiger partial charge in [-0.25, -0.2) is 9.78 Å². The van der Waals surface area contributed by atoms with Crippen molar-refractivity contribution in [3.63, 3.8) is 0 Å². The van der Waals surface area contributed by atoms with Crippen LogP contribution in [0.2, 0.25) is 0 Å². The van der Waals surface area contributed by atoms with E-state index in [1.807, 2.05) is 47.3 Å². The molecule has 0 bridgehead atoms. The van der Waals surface area contributed by atoms with Crippen molar-refractivity contribution in [2.24, 2.45) is 0 Å². The summed E-state index contributed by atoms with van der Waals surface area (Å²) >= 11 is 2.68. The highest BCUT2D eigenvalue weighted by Crippen LogP contribution is 2.30. The Morgan fingerprint density at radius 3 is 2.90 bits per heavy atom. The van der Waals surface area contributed by atoms with Crippen molar-refractivity contribution in [1.29, 1.82) is 0 Å². The molecule has 0 spiro atoms. The molecule has 5 rings (SSSR count). The number of nitrogens with one attached hydrogen (secondary N) is 2. The van der Waals surface area contributed by atoms with Gasteiger partial charge in [0.25, 0.3) is 0 Å². The van der Waals surface area contributed by atoms with Crippen molar-refractivity contribution in [3.05, 3.63) is 63.8 Å². The number of thiophene rings is 1. The fourth-order valence-corrected chi connectivity index (χ4v) is 4.33. The van der Waals surface area contributed by atoms with E-state index in [4.69, 9.17) is 0 Å². The number of fused-ring (bicyclic) bond motifs is 1. The van der Waals surface area contributed by atoms with Crippen LogP contribution in [0.3, 0.4) is 0 Å². The zero-order valence-electron chi connectivity index (χ0n) is 14.8. The van der Waals surface area contributed by atoms with E-state index in [0.717, 1.165) is 31.5 Å². The highest BCUT2D eigenvalue weighted by molar-refractivity contribution is 7.14. The Morgan fingerprint density at radius 2 is 2.03 bits per heavy atom. The molecule has 0 unspecified atom stereocenters. The van der Waals surface area contributed by atoms with Crippen LogP contribution in [0.4, 0.5) is 5.13 Å². The summed E-state index contributed by atoms with van der Waals surface area (Å²) in [7, 11) is 0. The number of para-hydroxylation sites is 1. The molecule has 9 nitrogen and oxygen atoms in total.